The normalized spacial score (nSPS) is 18.6. The second-order valence-electron chi connectivity index (χ2n) is 3.88. The van der Waals surface area contributed by atoms with E-state index in [1.807, 2.05) is 36.4 Å². The fourth-order valence-electron chi connectivity index (χ4n) is 1.85. The lowest BCUT2D eigenvalue weighted by molar-refractivity contribution is 0.230. The minimum atomic E-state index is 0.0215. The Labute approximate surface area is 99.8 Å². The predicted octanol–water partition coefficient (Wildman–Crippen LogP) is 2.60. The molecular weight excluding hydrogens is 212 g/mol. The van der Waals surface area contributed by atoms with Crippen molar-refractivity contribution in [1.82, 2.24) is 4.98 Å². The molecule has 2 heterocycles. The van der Waals surface area contributed by atoms with Gasteiger partial charge >= 0.3 is 0 Å². The van der Waals surface area contributed by atoms with Crippen LogP contribution in [0.25, 0.3) is 0 Å². The van der Waals surface area contributed by atoms with Gasteiger partial charge in [-0.3, -0.25) is 4.98 Å². The highest BCUT2D eigenvalue weighted by Gasteiger charge is 2.22. The van der Waals surface area contributed by atoms with Crippen molar-refractivity contribution in [1.29, 1.82) is 0 Å². The first-order valence-corrected chi connectivity index (χ1v) is 5.61. The molecule has 1 aliphatic heterocycles. The van der Waals surface area contributed by atoms with Crippen LogP contribution in [-0.4, -0.2) is 17.4 Å². The molecule has 1 atom stereocenters. The van der Waals surface area contributed by atoms with Crippen LogP contribution in [0.15, 0.2) is 59.7 Å². The van der Waals surface area contributed by atoms with E-state index in [9.17, 15) is 0 Å². The first-order chi connectivity index (χ1) is 8.43. The highest BCUT2D eigenvalue weighted by molar-refractivity contribution is 5.93. The zero-order valence-electron chi connectivity index (χ0n) is 9.28. The third-order valence-corrected chi connectivity index (χ3v) is 2.71. The molecule has 3 heteroatoms. The minimum absolute atomic E-state index is 0.0215. The van der Waals surface area contributed by atoms with Crippen molar-refractivity contribution < 1.29 is 4.74 Å². The summed E-state index contributed by atoms with van der Waals surface area (Å²) in [5.41, 5.74) is 1.95. The molecule has 0 unspecified atom stereocenters. The number of hydrogen-bond acceptors (Lipinski definition) is 3. The van der Waals surface area contributed by atoms with Gasteiger partial charge in [-0.15, -0.1) is 0 Å². The zero-order chi connectivity index (χ0) is 11.5. The van der Waals surface area contributed by atoms with E-state index in [-0.39, 0.29) is 6.10 Å². The van der Waals surface area contributed by atoms with E-state index in [1.54, 1.807) is 6.20 Å². The summed E-state index contributed by atoms with van der Waals surface area (Å²) in [6.45, 7) is 0.663. The van der Waals surface area contributed by atoms with Gasteiger partial charge in [-0.05, 0) is 17.7 Å². The fraction of sp³-hybridized carbons (Fsp3) is 0.143. The third kappa shape index (κ3) is 2.04. The van der Waals surface area contributed by atoms with E-state index in [0.29, 0.717) is 12.4 Å². The first-order valence-electron chi connectivity index (χ1n) is 5.61. The number of rotatable bonds is 2. The van der Waals surface area contributed by atoms with Crippen molar-refractivity contribution in [3.8, 4) is 0 Å². The average Bonchev–Trinajstić information content (AvgIpc) is 2.90. The van der Waals surface area contributed by atoms with Crippen LogP contribution in [0.2, 0.25) is 0 Å². The lowest BCUT2D eigenvalue weighted by atomic mass is 10.1. The van der Waals surface area contributed by atoms with Crippen molar-refractivity contribution >= 4 is 5.90 Å². The topological polar surface area (TPSA) is 34.5 Å². The van der Waals surface area contributed by atoms with Crippen molar-refractivity contribution in [2.45, 2.75) is 6.10 Å². The van der Waals surface area contributed by atoms with Gasteiger partial charge in [-0.1, -0.05) is 36.4 Å². The van der Waals surface area contributed by atoms with Gasteiger partial charge in [0.2, 0.25) is 5.90 Å². The molecule has 1 aromatic heterocycles. The Morgan fingerprint density at radius 1 is 1.00 bits per heavy atom. The maximum atomic E-state index is 5.82. The Hall–Kier alpha value is -2.16. The van der Waals surface area contributed by atoms with Crippen molar-refractivity contribution in [3.63, 3.8) is 0 Å². The lowest BCUT2D eigenvalue weighted by Crippen LogP contribution is -2.07. The predicted molar refractivity (Wildman–Crippen MR) is 65.9 cm³/mol. The molecule has 0 saturated carbocycles. The first kappa shape index (κ1) is 10.0. The summed E-state index contributed by atoms with van der Waals surface area (Å²) in [4.78, 5) is 8.63. The summed E-state index contributed by atoms with van der Waals surface area (Å²) in [5.74, 6) is 0.638. The molecule has 0 amide bonds. The molecule has 3 rings (SSSR count). The molecule has 0 spiro atoms. The third-order valence-electron chi connectivity index (χ3n) is 2.71. The number of benzene rings is 1. The second-order valence-corrected chi connectivity index (χ2v) is 3.88. The van der Waals surface area contributed by atoms with Gasteiger partial charge in [-0.2, -0.15) is 0 Å². The maximum Gasteiger partial charge on any atom is 0.236 e. The fourth-order valence-corrected chi connectivity index (χ4v) is 1.85. The SMILES string of the molecule is c1ccc([C@H]2CN=C(c3ccccn3)O2)cc1. The van der Waals surface area contributed by atoms with Crippen molar-refractivity contribution in [3.05, 3.63) is 66.0 Å². The number of pyridine rings is 1. The molecule has 0 N–H and O–H groups in total. The minimum Gasteiger partial charge on any atom is -0.466 e. The average molecular weight is 224 g/mol. The van der Waals surface area contributed by atoms with E-state index in [1.165, 1.54) is 0 Å². The second kappa shape index (κ2) is 4.37. The van der Waals surface area contributed by atoms with Crippen molar-refractivity contribution in [2.24, 2.45) is 4.99 Å². The number of ether oxygens (including phenoxy) is 1. The van der Waals surface area contributed by atoms with Gasteiger partial charge in [0.15, 0.2) is 0 Å². The van der Waals surface area contributed by atoms with Gasteiger partial charge in [0.25, 0.3) is 0 Å². The van der Waals surface area contributed by atoms with Crippen LogP contribution in [0.1, 0.15) is 17.4 Å². The molecule has 84 valence electrons. The van der Waals surface area contributed by atoms with Gasteiger partial charge in [-0.25, -0.2) is 4.99 Å². The highest BCUT2D eigenvalue weighted by atomic mass is 16.5. The van der Waals surface area contributed by atoms with Crippen LogP contribution < -0.4 is 0 Å². The Balaban J connectivity index is 1.78. The Morgan fingerprint density at radius 2 is 1.82 bits per heavy atom. The van der Waals surface area contributed by atoms with E-state index >= 15 is 0 Å². The molecular formula is C14H12N2O. The van der Waals surface area contributed by atoms with Gasteiger partial charge in [0, 0.05) is 6.20 Å². The van der Waals surface area contributed by atoms with Crippen LogP contribution in [0.3, 0.4) is 0 Å². The largest absolute Gasteiger partial charge is 0.466 e. The molecule has 0 bridgehead atoms. The Kier molecular flexibility index (Phi) is 2.58. The van der Waals surface area contributed by atoms with Crippen LogP contribution in [0.5, 0.6) is 0 Å². The quantitative estimate of drug-likeness (QED) is 0.785. The Morgan fingerprint density at radius 3 is 2.59 bits per heavy atom. The number of aliphatic imine (C=N–C) groups is 1. The van der Waals surface area contributed by atoms with E-state index < -0.39 is 0 Å². The molecule has 0 fully saturated rings. The van der Waals surface area contributed by atoms with E-state index in [2.05, 4.69) is 22.1 Å². The zero-order valence-corrected chi connectivity index (χ0v) is 9.28. The molecule has 1 aliphatic rings. The van der Waals surface area contributed by atoms with Crippen LogP contribution in [0, 0.1) is 0 Å². The number of hydrogen-bond donors (Lipinski definition) is 0. The van der Waals surface area contributed by atoms with E-state index in [0.717, 1.165) is 11.3 Å². The molecule has 17 heavy (non-hydrogen) atoms. The maximum absolute atomic E-state index is 5.82. The molecule has 3 nitrogen and oxygen atoms in total. The molecule has 0 radical (unpaired) electrons. The summed E-state index contributed by atoms with van der Waals surface area (Å²) in [5, 5.41) is 0. The Bertz CT molecular complexity index is 522. The summed E-state index contributed by atoms with van der Waals surface area (Å²) >= 11 is 0. The summed E-state index contributed by atoms with van der Waals surface area (Å²) < 4.78 is 5.82. The monoisotopic (exact) mass is 224 g/mol. The number of aromatic nitrogens is 1. The van der Waals surface area contributed by atoms with E-state index in [4.69, 9.17) is 4.74 Å². The van der Waals surface area contributed by atoms with Crippen molar-refractivity contribution in [2.75, 3.05) is 6.54 Å². The molecule has 0 aliphatic carbocycles. The van der Waals surface area contributed by atoms with Gasteiger partial charge in [0.1, 0.15) is 11.8 Å². The summed E-state index contributed by atoms with van der Waals surface area (Å²) in [7, 11) is 0. The summed E-state index contributed by atoms with van der Waals surface area (Å²) in [6, 6.07) is 15.9. The standard InChI is InChI=1S/C14H12N2O/c1-2-6-11(7-3-1)13-10-16-14(17-13)12-8-4-5-9-15-12/h1-9,13H,10H2/t13-/m1/s1. The van der Waals surface area contributed by atoms with Crippen LogP contribution >= 0.6 is 0 Å². The highest BCUT2D eigenvalue weighted by Crippen LogP contribution is 2.24. The van der Waals surface area contributed by atoms with Crippen LogP contribution in [-0.2, 0) is 4.74 Å². The lowest BCUT2D eigenvalue weighted by Gasteiger charge is -2.10. The summed E-state index contributed by atoms with van der Waals surface area (Å²) in [6.07, 6.45) is 1.77. The van der Waals surface area contributed by atoms with Gasteiger partial charge in [0.05, 0.1) is 6.54 Å². The van der Waals surface area contributed by atoms with Crippen LogP contribution in [0.4, 0.5) is 0 Å². The smallest absolute Gasteiger partial charge is 0.236 e. The number of nitrogens with zero attached hydrogens (tertiary/aromatic N) is 2. The molecule has 2 aromatic rings. The molecule has 1 aromatic carbocycles. The molecule has 0 saturated heterocycles. The van der Waals surface area contributed by atoms with Gasteiger partial charge < -0.3 is 4.74 Å².